The number of anilines is 2. The number of nitrogens with one attached hydrogen (secondary N) is 2. The van der Waals surface area contributed by atoms with Crippen molar-refractivity contribution in [3.63, 3.8) is 0 Å². The molecule has 0 aliphatic carbocycles. The van der Waals surface area contributed by atoms with Crippen LogP contribution in [0.3, 0.4) is 0 Å². The highest BCUT2D eigenvalue weighted by molar-refractivity contribution is 5.86. The second-order valence-corrected chi connectivity index (χ2v) is 4.50. The first-order valence-electron chi connectivity index (χ1n) is 6.51. The van der Waals surface area contributed by atoms with Crippen LogP contribution in [0.4, 0.5) is 11.9 Å². The van der Waals surface area contributed by atoms with Crippen molar-refractivity contribution in [1.82, 2.24) is 19.9 Å². The number of hydrogen-bond acceptors (Lipinski definition) is 8. The van der Waals surface area contributed by atoms with E-state index >= 15 is 0 Å². The lowest BCUT2D eigenvalue weighted by Gasteiger charge is -2.13. The first-order valence-corrected chi connectivity index (χ1v) is 6.51. The summed E-state index contributed by atoms with van der Waals surface area (Å²) < 4.78 is 5.36. The van der Waals surface area contributed by atoms with Crippen LogP contribution in [0.25, 0.3) is 0 Å². The molecule has 1 atom stereocenters. The molecule has 2 heterocycles. The van der Waals surface area contributed by atoms with E-state index < -0.39 is 0 Å². The molecule has 0 radical (unpaired) electrons. The Bertz CT molecular complexity index is 482. The van der Waals surface area contributed by atoms with Crippen molar-refractivity contribution in [2.45, 2.75) is 25.8 Å². The Morgan fingerprint density at radius 2 is 2.15 bits per heavy atom. The molecule has 0 bridgehead atoms. The van der Waals surface area contributed by atoms with E-state index in [2.05, 4.69) is 25.7 Å². The number of likely N-dealkylation sites (N-methyl/N-ethyl adjacent to an activating group) is 1. The number of carbonyl (C=O) groups excluding carboxylic acids is 1. The van der Waals surface area contributed by atoms with Crippen LogP contribution in [0.2, 0.25) is 0 Å². The number of nitrogen functional groups attached to an aromatic ring is 1. The highest BCUT2D eigenvalue weighted by Gasteiger charge is 2.29. The zero-order chi connectivity index (χ0) is 14.5. The molecular weight excluding hydrogens is 262 g/mol. The van der Waals surface area contributed by atoms with Gasteiger partial charge in [-0.05, 0) is 12.8 Å². The first kappa shape index (κ1) is 14.3. The van der Waals surface area contributed by atoms with Gasteiger partial charge in [-0.25, -0.2) is 5.84 Å². The van der Waals surface area contributed by atoms with Crippen LogP contribution in [0.1, 0.15) is 19.8 Å². The van der Waals surface area contributed by atoms with Gasteiger partial charge in [-0.2, -0.15) is 15.0 Å². The SMILES string of the molecule is CCCOc1nc(NN)nc(NC2CCN(C)C2=O)n1. The summed E-state index contributed by atoms with van der Waals surface area (Å²) in [5.74, 6) is 5.79. The van der Waals surface area contributed by atoms with Gasteiger partial charge in [0.1, 0.15) is 6.04 Å². The van der Waals surface area contributed by atoms with Gasteiger partial charge in [-0.15, -0.1) is 0 Å². The standard InChI is InChI=1S/C11H19N7O2/c1-3-6-20-11-15-9(14-10(16-11)17-12)13-7-4-5-18(2)8(7)19/h7H,3-6,12H2,1-2H3,(H2,13,14,15,16,17). The van der Waals surface area contributed by atoms with Crippen molar-refractivity contribution in [2.75, 3.05) is 30.9 Å². The zero-order valence-electron chi connectivity index (χ0n) is 11.6. The minimum atomic E-state index is -0.327. The predicted octanol–water partition coefficient (Wildman–Crippen LogP) is -0.411. The zero-order valence-corrected chi connectivity index (χ0v) is 11.6. The third-order valence-corrected chi connectivity index (χ3v) is 2.91. The molecule has 1 aliphatic heterocycles. The van der Waals surface area contributed by atoms with Crippen LogP contribution in [0.15, 0.2) is 0 Å². The van der Waals surface area contributed by atoms with Crippen LogP contribution in [-0.4, -0.2) is 52.0 Å². The minimum Gasteiger partial charge on any atom is -0.463 e. The van der Waals surface area contributed by atoms with E-state index in [1.807, 2.05) is 6.92 Å². The summed E-state index contributed by atoms with van der Waals surface area (Å²) in [6, 6.07) is -0.150. The lowest BCUT2D eigenvalue weighted by Crippen LogP contribution is -2.31. The molecule has 9 nitrogen and oxygen atoms in total. The second kappa shape index (κ2) is 6.33. The molecule has 0 spiro atoms. The summed E-state index contributed by atoms with van der Waals surface area (Å²) in [4.78, 5) is 25.7. The molecule has 4 N–H and O–H groups in total. The minimum absolute atomic E-state index is 0.0173. The Morgan fingerprint density at radius 1 is 1.40 bits per heavy atom. The molecule has 1 aromatic rings. The van der Waals surface area contributed by atoms with E-state index in [0.717, 1.165) is 6.42 Å². The third-order valence-electron chi connectivity index (χ3n) is 2.91. The average molecular weight is 281 g/mol. The molecule has 0 saturated carbocycles. The van der Waals surface area contributed by atoms with Gasteiger partial charge < -0.3 is 15.0 Å². The molecular formula is C11H19N7O2. The molecule has 1 aliphatic rings. The number of carbonyl (C=O) groups is 1. The number of nitrogens with two attached hydrogens (primary N) is 1. The summed E-state index contributed by atoms with van der Waals surface area (Å²) in [6.45, 7) is 3.19. The van der Waals surface area contributed by atoms with E-state index in [9.17, 15) is 4.79 Å². The highest BCUT2D eigenvalue weighted by Crippen LogP contribution is 2.16. The van der Waals surface area contributed by atoms with Crippen molar-refractivity contribution in [2.24, 2.45) is 5.84 Å². The summed E-state index contributed by atoms with van der Waals surface area (Å²) >= 11 is 0. The number of hydrazine groups is 1. The number of rotatable bonds is 6. The predicted molar refractivity (Wildman–Crippen MR) is 73.1 cm³/mol. The van der Waals surface area contributed by atoms with Crippen LogP contribution in [-0.2, 0) is 4.79 Å². The molecule has 110 valence electrons. The van der Waals surface area contributed by atoms with Gasteiger partial charge in [0, 0.05) is 13.6 Å². The molecule has 0 aromatic carbocycles. The molecule has 9 heteroatoms. The molecule has 2 rings (SSSR count). The van der Waals surface area contributed by atoms with Gasteiger partial charge in [-0.1, -0.05) is 6.92 Å². The molecule has 1 aromatic heterocycles. The number of aromatic nitrogens is 3. The Labute approximate surface area is 116 Å². The Morgan fingerprint density at radius 3 is 2.75 bits per heavy atom. The monoisotopic (exact) mass is 281 g/mol. The summed E-state index contributed by atoms with van der Waals surface area (Å²) in [7, 11) is 1.76. The smallest absolute Gasteiger partial charge is 0.323 e. The van der Waals surface area contributed by atoms with Gasteiger partial charge in [0.15, 0.2) is 0 Å². The number of amides is 1. The van der Waals surface area contributed by atoms with Crippen LogP contribution >= 0.6 is 0 Å². The van der Waals surface area contributed by atoms with Crippen LogP contribution < -0.4 is 21.3 Å². The van der Waals surface area contributed by atoms with Gasteiger partial charge in [0.05, 0.1) is 6.61 Å². The average Bonchev–Trinajstić information content (AvgIpc) is 2.77. The number of nitrogens with zero attached hydrogens (tertiary/aromatic N) is 4. The number of hydrogen-bond donors (Lipinski definition) is 3. The lowest BCUT2D eigenvalue weighted by atomic mass is 10.2. The lowest BCUT2D eigenvalue weighted by molar-refractivity contribution is -0.127. The maximum atomic E-state index is 11.8. The summed E-state index contributed by atoms with van der Waals surface area (Å²) in [6.07, 6.45) is 1.54. The van der Waals surface area contributed by atoms with Gasteiger partial charge in [0.25, 0.3) is 0 Å². The highest BCUT2D eigenvalue weighted by atomic mass is 16.5. The van der Waals surface area contributed by atoms with Gasteiger partial charge >= 0.3 is 6.01 Å². The summed E-state index contributed by atoms with van der Waals surface area (Å²) in [5.41, 5.74) is 2.35. The number of likely N-dealkylation sites (tertiary alicyclic amines) is 1. The Hall–Kier alpha value is -2.16. The second-order valence-electron chi connectivity index (χ2n) is 4.50. The summed E-state index contributed by atoms with van der Waals surface area (Å²) in [5, 5.41) is 2.98. The van der Waals surface area contributed by atoms with Crippen molar-refractivity contribution in [3.05, 3.63) is 0 Å². The van der Waals surface area contributed by atoms with Crippen LogP contribution in [0.5, 0.6) is 6.01 Å². The number of ether oxygens (including phenoxy) is 1. The van der Waals surface area contributed by atoms with Crippen molar-refractivity contribution < 1.29 is 9.53 Å². The third kappa shape index (κ3) is 3.23. The molecule has 1 amide bonds. The maximum Gasteiger partial charge on any atom is 0.323 e. The van der Waals surface area contributed by atoms with E-state index in [0.29, 0.717) is 19.6 Å². The van der Waals surface area contributed by atoms with Gasteiger partial charge in [0.2, 0.25) is 17.8 Å². The molecule has 1 saturated heterocycles. The van der Waals surface area contributed by atoms with E-state index in [4.69, 9.17) is 10.6 Å². The molecule has 1 unspecified atom stereocenters. The Balaban J connectivity index is 2.12. The van der Waals surface area contributed by atoms with Crippen molar-refractivity contribution in [1.29, 1.82) is 0 Å². The van der Waals surface area contributed by atoms with E-state index in [1.165, 1.54) is 0 Å². The first-order chi connectivity index (χ1) is 9.63. The normalized spacial score (nSPS) is 18.2. The van der Waals surface area contributed by atoms with Crippen molar-refractivity contribution in [3.8, 4) is 6.01 Å². The largest absolute Gasteiger partial charge is 0.463 e. The van der Waals surface area contributed by atoms with Crippen LogP contribution in [0, 0.1) is 0 Å². The van der Waals surface area contributed by atoms with Crippen molar-refractivity contribution >= 4 is 17.8 Å². The fourth-order valence-corrected chi connectivity index (χ4v) is 1.86. The fraction of sp³-hybridized carbons (Fsp3) is 0.636. The van der Waals surface area contributed by atoms with E-state index in [-0.39, 0.29) is 29.9 Å². The van der Waals surface area contributed by atoms with E-state index in [1.54, 1.807) is 11.9 Å². The maximum absolute atomic E-state index is 11.8. The molecule has 1 fully saturated rings. The van der Waals surface area contributed by atoms with Gasteiger partial charge in [-0.3, -0.25) is 10.2 Å². The fourth-order valence-electron chi connectivity index (χ4n) is 1.86. The topological polar surface area (TPSA) is 118 Å². The quantitative estimate of drug-likeness (QED) is 0.475. The Kier molecular flexibility index (Phi) is 4.51. The molecule has 20 heavy (non-hydrogen) atoms.